The van der Waals surface area contributed by atoms with Gasteiger partial charge in [0.1, 0.15) is 18.4 Å². The van der Waals surface area contributed by atoms with Crippen LogP contribution in [0.1, 0.15) is 23.7 Å². The average Bonchev–Trinajstić information content (AvgIpc) is 2.38. The van der Waals surface area contributed by atoms with E-state index < -0.39 is 16.6 Å². The number of carbonyl (C=O) groups is 1. The summed E-state index contributed by atoms with van der Waals surface area (Å²) in [5.74, 6) is -1.49. The van der Waals surface area contributed by atoms with Crippen LogP contribution in [0.5, 0.6) is 5.88 Å². The lowest BCUT2D eigenvalue weighted by atomic mass is 10.2. The van der Waals surface area contributed by atoms with E-state index in [2.05, 4.69) is 4.98 Å². The molecular weight excluding hydrogens is 256 g/mol. The molecule has 0 fully saturated rings. The first-order valence-corrected chi connectivity index (χ1v) is 5.64. The van der Waals surface area contributed by atoms with Gasteiger partial charge in [-0.1, -0.05) is 6.92 Å². The molecule has 8 nitrogen and oxygen atoms in total. The largest absolute Gasteiger partial charge is 0.477 e. The van der Waals surface area contributed by atoms with Crippen LogP contribution in [0.25, 0.3) is 0 Å². The van der Waals surface area contributed by atoms with E-state index in [-0.39, 0.29) is 18.1 Å². The summed E-state index contributed by atoms with van der Waals surface area (Å²) in [4.78, 5) is 24.4. The summed E-state index contributed by atoms with van der Waals surface area (Å²) in [6.07, 6.45) is 1.82. The second-order valence-electron chi connectivity index (χ2n) is 3.57. The van der Waals surface area contributed by atoms with Crippen molar-refractivity contribution in [3.8, 4) is 5.88 Å². The summed E-state index contributed by atoms with van der Waals surface area (Å²) in [5.41, 5.74) is -0.739. The van der Waals surface area contributed by atoms with Crippen molar-refractivity contribution in [1.82, 2.24) is 4.98 Å². The average molecular weight is 270 g/mol. The van der Waals surface area contributed by atoms with Gasteiger partial charge in [-0.25, -0.2) is 9.78 Å². The predicted octanol–water partition coefficient (Wildman–Crippen LogP) is 1.49. The zero-order chi connectivity index (χ0) is 14.3. The summed E-state index contributed by atoms with van der Waals surface area (Å²) in [7, 11) is 0. The smallest absolute Gasteiger partial charge is 0.341 e. The minimum absolute atomic E-state index is 0.130. The number of carboxylic acid groups (broad SMARTS) is 1. The molecule has 0 unspecified atom stereocenters. The van der Waals surface area contributed by atoms with Crippen LogP contribution in [0.2, 0.25) is 0 Å². The van der Waals surface area contributed by atoms with Crippen molar-refractivity contribution in [1.29, 1.82) is 0 Å². The number of ether oxygens (including phenoxy) is 2. The number of hydrogen-bond donors (Lipinski definition) is 1. The van der Waals surface area contributed by atoms with Crippen molar-refractivity contribution in [3.63, 3.8) is 0 Å². The number of nitrogens with zero attached hydrogens (tertiary/aromatic N) is 2. The highest BCUT2D eigenvalue weighted by Crippen LogP contribution is 2.20. The number of carboxylic acids is 1. The Balaban J connectivity index is 2.71. The molecule has 0 saturated heterocycles. The molecule has 0 aliphatic rings. The van der Waals surface area contributed by atoms with Crippen molar-refractivity contribution in [3.05, 3.63) is 27.9 Å². The van der Waals surface area contributed by atoms with Crippen molar-refractivity contribution in [2.75, 3.05) is 19.8 Å². The lowest BCUT2D eigenvalue weighted by Crippen LogP contribution is -2.11. The minimum atomic E-state index is -1.33. The fraction of sp³-hybridized carbons (Fsp3) is 0.455. The molecule has 0 saturated carbocycles. The van der Waals surface area contributed by atoms with E-state index in [9.17, 15) is 14.9 Å². The number of aromatic carboxylic acids is 1. The van der Waals surface area contributed by atoms with E-state index >= 15 is 0 Å². The highest BCUT2D eigenvalue weighted by molar-refractivity contribution is 5.90. The van der Waals surface area contributed by atoms with Crippen LogP contribution in [0.4, 0.5) is 5.69 Å². The van der Waals surface area contributed by atoms with Crippen molar-refractivity contribution in [2.45, 2.75) is 13.3 Å². The number of hydrogen-bond acceptors (Lipinski definition) is 6. The SMILES string of the molecule is CCCOCCOc1ncc([N+](=O)[O-])cc1C(=O)O. The number of aromatic nitrogens is 1. The third kappa shape index (κ3) is 4.51. The van der Waals surface area contributed by atoms with Gasteiger partial charge >= 0.3 is 5.97 Å². The van der Waals surface area contributed by atoms with E-state index in [0.717, 1.165) is 18.7 Å². The molecule has 0 aliphatic heterocycles. The molecule has 0 spiro atoms. The third-order valence-electron chi connectivity index (χ3n) is 2.09. The second-order valence-corrected chi connectivity index (χ2v) is 3.57. The normalized spacial score (nSPS) is 10.2. The van der Waals surface area contributed by atoms with Gasteiger partial charge in [-0.2, -0.15) is 0 Å². The Morgan fingerprint density at radius 2 is 2.21 bits per heavy atom. The summed E-state index contributed by atoms with van der Waals surface area (Å²) < 4.78 is 10.3. The second kappa shape index (κ2) is 7.27. The van der Waals surface area contributed by atoms with Crippen molar-refractivity contribution >= 4 is 11.7 Å². The van der Waals surface area contributed by atoms with Gasteiger partial charge in [0.2, 0.25) is 5.88 Å². The first-order valence-electron chi connectivity index (χ1n) is 5.64. The van der Waals surface area contributed by atoms with Gasteiger partial charge in [-0.05, 0) is 6.42 Å². The molecule has 0 aromatic carbocycles. The first-order chi connectivity index (χ1) is 9.06. The molecule has 0 atom stereocenters. The minimum Gasteiger partial charge on any atom is -0.477 e. The van der Waals surface area contributed by atoms with Crippen molar-refractivity contribution < 1.29 is 24.3 Å². The van der Waals surface area contributed by atoms with Crippen molar-refractivity contribution in [2.24, 2.45) is 0 Å². The van der Waals surface area contributed by atoms with Crippen LogP contribution in [-0.2, 0) is 4.74 Å². The van der Waals surface area contributed by atoms with Crippen LogP contribution < -0.4 is 4.74 Å². The van der Waals surface area contributed by atoms with Crippen LogP contribution in [0, 0.1) is 10.1 Å². The summed E-state index contributed by atoms with van der Waals surface area (Å²) in [5, 5.41) is 19.5. The van der Waals surface area contributed by atoms with E-state index in [1.807, 2.05) is 6.92 Å². The molecule has 8 heteroatoms. The number of pyridine rings is 1. The summed E-state index contributed by atoms with van der Waals surface area (Å²) >= 11 is 0. The molecule has 1 aromatic heterocycles. The monoisotopic (exact) mass is 270 g/mol. The topological polar surface area (TPSA) is 112 Å². The Morgan fingerprint density at radius 3 is 2.79 bits per heavy atom. The standard InChI is InChI=1S/C11H14N2O6/c1-2-3-18-4-5-19-10-9(11(14)15)6-8(7-12-10)13(16)17/h6-7H,2-5H2,1H3,(H,14,15). The maximum absolute atomic E-state index is 11.0. The molecule has 0 radical (unpaired) electrons. The summed E-state index contributed by atoms with van der Waals surface area (Å²) in [6.45, 7) is 2.97. The van der Waals surface area contributed by atoms with Gasteiger partial charge < -0.3 is 14.6 Å². The van der Waals surface area contributed by atoms with Gasteiger partial charge in [0.25, 0.3) is 5.69 Å². The Bertz CT molecular complexity index is 462. The quantitative estimate of drug-likeness (QED) is 0.432. The van der Waals surface area contributed by atoms with Crippen LogP contribution in [0.15, 0.2) is 12.3 Å². The van der Waals surface area contributed by atoms with Crippen LogP contribution in [0.3, 0.4) is 0 Å². The maximum Gasteiger partial charge on any atom is 0.341 e. The molecule has 1 rings (SSSR count). The molecule has 19 heavy (non-hydrogen) atoms. The Kier molecular flexibility index (Phi) is 5.68. The van der Waals surface area contributed by atoms with E-state index in [4.69, 9.17) is 14.6 Å². The van der Waals surface area contributed by atoms with E-state index in [1.54, 1.807) is 0 Å². The van der Waals surface area contributed by atoms with Gasteiger partial charge in [-0.3, -0.25) is 10.1 Å². The predicted molar refractivity (Wildman–Crippen MR) is 64.5 cm³/mol. The van der Waals surface area contributed by atoms with Gasteiger partial charge in [0.15, 0.2) is 0 Å². The summed E-state index contributed by atoms with van der Waals surface area (Å²) in [6, 6.07) is 0.914. The van der Waals surface area contributed by atoms with E-state index in [0.29, 0.717) is 13.2 Å². The fourth-order valence-electron chi connectivity index (χ4n) is 1.25. The molecule has 0 bridgehead atoms. The number of nitro groups is 1. The maximum atomic E-state index is 11.0. The zero-order valence-corrected chi connectivity index (χ0v) is 10.4. The molecule has 0 aliphatic carbocycles. The van der Waals surface area contributed by atoms with Crippen LogP contribution >= 0.6 is 0 Å². The van der Waals surface area contributed by atoms with Gasteiger partial charge in [-0.15, -0.1) is 0 Å². The van der Waals surface area contributed by atoms with Gasteiger partial charge in [0, 0.05) is 12.7 Å². The Hall–Kier alpha value is -2.22. The first kappa shape index (κ1) is 14.8. The van der Waals surface area contributed by atoms with Gasteiger partial charge in [0.05, 0.1) is 11.5 Å². The highest BCUT2D eigenvalue weighted by Gasteiger charge is 2.18. The fourth-order valence-corrected chi connectivity index (χ4v) is 1.25. The van der Waals surface area contributed by atoms with E-state index in [1.165, 1.54) is 0 Å². The Labute approximate surface area is 109 Å². The zero-order valence-electron chi connectivity index (χ0n) is 10.4. The highest BCUT2D eigenvalue weighted by atomic mass is 16.6. The lowest BCUT2D eigenvalue weighted by molar-refractivity contribution is -0.385. The molecule has 1 N–H and O–H groups in total. The molecule has 1 heterocycles. The molecule has 1 aromatic rings. The number of rotatable bonds is 8. The molecule has 104 valence electrons. The Morgan fingerprint density at radius 1 is 1.47 bits per heavy atom. The lowest BCUT2D eigenvalue weighted by Gasteiger charge is -2.07. The molecular formula is C11H14N2O6. The van der Waals surface area contributed by atoms with Crippen LogP contribution in [-0.4, -0.2) is 40.8 Å². The third-order valence-corrected chi connectivity index (χ3v) is 2.09. The molecule has 0 amide bonds.